The Hall–Kier alpha value is -3.06. The molecular formula is C21H24N4O3. The van der Waals surface area contributed by atoms with Crippen molar-refractivity contribution in [2.45, 2.75) is 25.3 Å². The zero-order valence-corrected chi connectivity index (χ0v) is 15.8. The van der Waals surface area contributed by atoms with Crippen LogP contribution in [0.3, 0.4) is 0 Å². The molecule has 0 saturated carbocycles. The second kappa shape index (κ2) is 7.90. The number of anilines is 1. The number of carbonyl (C=O) groups is 1. The molecule has 0 radical (unpaired) electrons. The lowest BCUT2D eigenvalue weighted by Crippen LogP contribution is -2.27. The highest BCUT2D eigenvalue weighted by Gasteiger charge is 2.26. The van der Waals surface area contributed by atoms with Crippen molar-refractivity contribution in [1.82, 2.24) is 14.9 Å². The van der Waals surface area contributed by atoms with Gasteiger partial charge in [0.25, 0.3) is 0 Å². The quantitative estimate of drug-likeness (QED) is 0.613. The normalized spacial score (nSPS) is 17.1. The maximum atomic E-state index is 12.4. The zero-order chi connectivity index (χ0) is 19.5. The number of methoxy groups -OCH3 is 1. The van der Waals surface area contributed by atoms with Crippen LogP contribution in [0.4, 0.5) is 5.69 Å². The SMILES string of the molecule is COc1cccc([C@H]2CCCN2CCC(=O)Nc2ccc3[nH]c(=O)[nH]c3c2)c1. The monoisotopic (exact) mass is 380 g/mol. The van der Waals surface area contributed by atoms with E-state index in [0.717, 1.165) is 30.7 Å². The Kier molecular flexibility index (Phi) is 5.16. The van der Waals surface area contributed by atoms with Crippen LogP contribution in [0, 0.1) is 0 Å². The molecule has 2 aromatic carbocycles. The average Bonchev–Trinajstić information content (AvgIpc) is 3.31. The molecule has 1 atom stereocenters. The number of aromatic amines is 2. The predicted octanol–water partition coefficient (Wildman–Crippen LogP) is 3.03. The largest absolute Gasteiger partial charge is 0.497 e. The van der Waals surface area contributed by atoms with E-state index in [1.807, 2.05) is 12.1 Å². The van der Waals surface area contributed by atoms with Gasteiger partial charge in [-0.15, -0.1) is 0 Å². The minimum atomic E-state index is -0.254. The van der Waals surface area contributed by atoms with Gasteiger partial charge in [0, 0.05) is 24.7 Å². The van der Waals surface area contributed by atoms with Gasteiger partial charge in [-0.3, -0.25) is 9.69 Å². The molecule has 7 nitrogen and oxygen atoms in total. The number of nitrogens with zero attached hydrogens (tertiary/aromatic N) is 1. The Morgan fingerprint density at radius 3 is 2.93 bits per heavy atom. The van der Waals surface area contributed by atoms with E-state index in [1.54, 1.807) is 25.3 Å². The van der Waals surface area contributed by atoms with E-state index < -0.39 is 0 Å². The molecule has 28 heavy (non-hydrogen) atoms. The number of nitrogens with one attached hydrogen (secondary N) is 3. The number of hydrogen-bond acceptors (Lipinski definition) is 4. The van der Waals surface area contributed by atoms with Crippen molar-refractivity contribution in [3.05, 3.63) is 58.5 Å². The van der Waals surface area contributed by atoms with Crippen molar-refractivity contribution in [2.75, 3.05) is 25.5 Å². The first kappa shape index (κ1) is 18.3. The van der Waals surface area contributed by atoms with Gasteiger partial charge in [0.1, 0.15) is 5.75 Å². The number of rotatable bonds is 6. The van der Waals surface area contributed by atoms with Crippen LogP contribution in [0.1, 0.15) is 30.9 Å². The van der Waals surface area contributed by atoms with Gasteiger partial charge in [0.15, 0.2) is 0 Å². The second-order valence-corrected chi connectivity index (χ2v) is 7.11. The van der Waals surface area contributed by atoms with Crippen molar-refractivity contribution in [3.63, 3.8) is 0 Å². The van der Waals surface area contributed by atoms with Crippen molar-refractivity contribution < 1.29 is 9.53 Å². The van der Waals surface area contributed by atoms with Crippen LogP contribution < -0.4 is 15.7 Å². The number of ether oxygens (including phenoxy) is 1. The highest BCUT2D eigenvalue weighted by atomic mass is 16.5. The predicted molar refractivity (Wildman–Crippen MR) is 109 cm³/mol. The summed E-state index contributed by atoms with van der Waals surface area (Å²) >= 11 is 0. The van der Waals surface area contributed by atoms with Crippen LogP contribution in [0.2, 0.25) is 0 Å². The summed E-state index contributed by atoms with van der Waals surface area (Å²) < 4.78 is 5.34. The summed E-state index contributed by atoms with van der Waals surface area (Å²) in [7, 11) is 1.68. The molecule has 1 fully saturated rings. The van der Waals surface area contributed by atoms with Crippen LogP contribution in [-0.4, -0.2) is 41.0 Å². The molecule has 3 aromatic rings. The first-order valence-electron chi connectivity index (χ1n) is 9.52. The lowest BCUT2D eigenvalue weighted by atomic mass is 10.0. The van der Waals surface area contributed by atoms with Gasteiger partial charge < -0.3 is 20.0 Å². The number of benzene rings is 2. The first-order valence-corrected chi connectivity index (χ1v) is 9.52. The van der Waals surface area contributed by atoms with Crippen molar-refractivity contribution >= 4 is 22.6 Å². The van der Waals surface area contributed by atoms with Crippen LogP contribution in [0.5, 0.6) is 5.75 Å². The average molecular weight is 380 g/mol. The van der Waals surface area contributed by atoms with Gasteiger partial charge >= 0.3 is 5.69 Å². The number of H-pyrrole nitrogens is 2. The molecule has 0 spiro atoms. The fourth-order valence-corrected chi connectivity index (χ4v) is 3.90. The van der Waals surface area contributed by atoms with Crippen molar-refractivity contribution in [2.24, 2.45) is 0 Å². The second-order valence-electron chi connectivity index (χ2n) is 7.11. The molecule has 1 aromatic heterocycles. The van der Waals surface area contributed by atoms with Crippen LogP contribution >= 0.6 is 0 Å². The van der Waals surface area contributed by atoms with E-state index in [9.17, 15) is 9.59 Å². The molecule has 0 bridgehead atoms. The van der Waals surface area contributed by atoms with Gasteiger partial charge in [-0.05, 0) is 55.3 Å². The summed E-state index contributed by atoms with van der Waals surface area (Å²) in [6.45, 7) is 1.70. The third kappa shape index (κ3) is 3.94. The molecule has 0 unspecified atom stereocenters. The Balaban J connectivity index is 1.37. The highest BCUT2D eigenvalue weighted by Crippen LogP contribution is 2.33. The van der Waals surface area contributed by atoms with Crippen LogP contribution in [-0.2, 0) is 4.79 Å². The molecule has 7 heteroatoms. The zero-order valence-electron chi connectivity index (χ0n) is 15.8. The van der Waals surface area contributed by atoms with Gasteiger partial charge in [-0.25, -0.2) is 4.79 Å². The minimum Gasteiger partial charge on any atom is -0.497 e. The number of imidazole rings is 1. The molecule has 3 N–H and O–H groups in total. The highest BCUT2D eigenvalue weighted by molar-refractivity contribution is 5.93. The Morgan fingerprint density at radius 1 is 1.21 bits per heavy atom. The first-order chi connectivity index (χ1) is 13.6. The van der Waals surface area contributed by atoms with Gasteiger partial charge in [-0.2, -0.15) is 0 Å². The maximum absolute atomic E-state index is 12.4. The van der Waals surface area contributed by atoms with Gasteiger partial charge in [-0.1, -0.05) is 12.1 Å². The van der Waals surface area contributed by atoms with E-state index in [1.165, 1.54) is 5.56 Å². The summed E-state index contributed by atoms with van der Waals surface area (Å²) in [5.41, 5.74) is 3.07. The number of amides is 1. The Morgan fingerprint density at radius 2 is 2.07 bits per heavy atom. The summed E-state index contributed by atoms with van der Waals surface area (Å²) in [6.07, 6.45) is 2.63. The summed E-state index contributed by atoms with van der Waals surface area (Å²) in [4.78, 5) is 31.5. The standard InChI is InChI=1S/C21H24N4O3/c1-28-16-5-2-4-14(12-16)19-6-3-10-25(19)11-9-20(26)22-15-7-8-17-18(13-15)24-21(27)23-17/h2,4-5,7-8,12-13,19H,3,6,9-11H2,1H3,(H,22,26)(H2,23,24,27)/t19-/m1/s1. The summed E-state index contributed by atoms with van der Waals surface area (Å²) in [5.74, 6) is 0.828. The van der Waals surface area contributed by atoms with Gasteiger partial charge in [0.05, 0.1) is 18.1 Å². The van der Waals surface area contributed by atoms with Crippen LogP contribution in [0.25, 0.3) is 11.0 Å². The number of likely N-dealkylation sites (tertiary alicyclic amines) is 1. The molecule has 1 aliphatic heterocycles. The van der Waals surface area contributed by atoms with Crippen molar-refractivity contribution in [3.8, 4) is 5.75 Å². The van der Waals surface area contributed by atoms with E-state index in [2.05, 4.69) is 32.3 Å². The lowest BCUT2D eigenvalue weighted by Gasteiger charge is -2.25. The number of carbonyl (C=O) groups excluding carboxylic acids is 1. The fourth-order valence-electron chi connectivity index (χ4n) is 3.90. The molecule has 146 valence electrons. The summed E-state index contributed by atoms with van der Waals surface area (Å²) in [5, 5.41) is 2.92. The number of aromatic nitrogens is 2. The molecule has 1 saturated heterocycles. The third-order valence-corrected chi connectivity index (χ3v) is 5.27. The summed E-state index contributed by atoms with van der Waals surface area (Å²) in [6, 6.07) is 13.8. The van der Waals surface area contributed by atoms with E-state index in [-0.39, 0.29) is 11.6 Å². The molecule has 1 aliphatic rings. The lowest BCUT2D eigenvalue weighted by molar-refractivity contribution is -0.116. The Labute approximate surface area is 162 Å². The van der Waals surface area contributed by atoms with E-state index in [4.69, 9.17) is 4.74 Å². The fraction of sp³-hybridized carbons (Fsp3) is 0.333. The van der Waals surface area contributed by atoms with Crippen molar-refractivity contribution in [1.29, 1.82) is 0 Å². The molecule has 4 rings (SSSR count). The number of hydrogen-bond donors (Lipinski definition) is 3. The molecular weight excluding hydrogens is 356 g/mol. The molecule has 2 heterocycles. The smallest absolute Gasteiger partial charge is 0.323 e. The third-order valence-electron chi connectivity index (χ3n) is 5.27. The molecule has 0 aliphatic carbocycles. The Bertz CT molecular complexity index is 1040. The maximum Gasteiger partial charge on any atom is 0.323 e. The van der Waals surface area contributed by atoms with Gasteiger partial charge in [0.2, 0.25) is 5.91 Å². The number of fused-ring (bicyclic) bond motifs is 1. The van der Waals surface area contributed by atoms with Crippen LogP contribution in [0.15, 0.2) is 47.3 Å². The minimum absolute atomic E-state index is 0.0338. The van der Waals surface area contributed by atoms with E-state index in [0.29, 0.717) is 30.2 Å². The molecule has 1 amide bonds. The van der Waals surface area contributed by atoms with E-state index >= 15 is 0 Å². The topological polar surface area (TPSA) is 90.2 Å².